The van der Waals surface area contributed by atoms with E-state index >= 15 is 0 Å². The van der Waals surface area contributed by atoms with Gasteiger partial charge in [-0.25, -0.2) is 0 Å². The average Bonchev–Trinajstić information content (AvgIpc) is 2.94. The van der Waals surface area contributed by atoms with Gasteiger partial charge >= 0.3 is 0 Å². The van der Waals surface area contributed by atoms with Gasteiger partial charge in [-0.1, -0.05) is 62.7 Å². The van der Waals surface area contributed by atoms with Gasteiger partial charge in [0.05, 0.1) is 10.8 Å². The van der Waals surface area contributed by atoms with Gasteiger partial charge in [0.1, 0.15) is 0 Å². The number of aromatic nitrogens is 3. The largest absolute Gasteiger partial charge is 0.355 e. The number of carbonyl (C=O) groups is 1. The summed E-state index contributed by atoms with van der Waals surface area (Å²) in [6, 6.07) is 5.33. The standard InChI is InChI=1S/C19H26Cl2N4OS/c1-12(2)7-8-22-17(26)11-27-19-24-23-18(25(19)10-13(3)4)15-6-5-14(20)9-16(15)21/h5-6,9,12-13H,7-8,10-11H2,1-4H3,(H,22,26). The van der Waals surface area contributed by atoms with Gasteiger partial charge in [0, 0.05) is 23.7 Å². The Labute approximate surface area is 175 Å². The second-order valence-corrected chi connectivity index (χ2v) is 9.04. The topological polar surface area (TPSA) is 59.8 Å². The van der Waals surface area contributed by atoms with E-state index in [1.165, 1.54) is 11.8 Å². The van der Waals surface area contributed by atoms with Crippen LogP contribution in [0.2, 0.25) is 10.0 Å². The lowest BCUT2D eigenvalue weighted by molar-refractivity contribution is -0.118. The van der Waals surface area contributed by atoms with Crippen molar-refractivity contribution in [2.45, 2.75) is 45.8 Å². The second kappa shape index (κ2) is 10.3. The molecule has 2 rings (SSSR count). The van der Waals surface area contributed by atoms with Crippen LogP contribution in [0.25, 0.3) is 11.4 Å². The van der Waals surface area contributed by atoms with Crippen LogP contribution in [0, 0.1) is 11.8 Å². The molecule has 5 nitrogen and oxygen atoms in total. The molecule has 8 heteroatoms. The molecular weight excluding hydrogens is 403 g/mol. The molecule has 27 heavy (non-hydrogen) atoms. The van der Waals surface area contributed by atoms with E-state index in [4.69, 9.17) is 23.2 Å². The first-order valence-corrected chi connectivity index (χ1v) is 10.8. The molecule has 0 aliphatic carbocycles. The zero-order valence-corrected chi connectivity index (χ0v) is 18.5. The average molecular weight is 429 g/mol. The van der Waals surface area contributed by atoms with E-state index in [1.54, 1.807) is 12.1 Å². The van der Waals surface area contributed by atoms with Crippen LogP contribution < -0.4 is 5.32 Å². The number of thioether (sulfide) groups is 1. The number of amides is 1. The summed E-state index contributed by atoms with van der Waals surface area (Å²) >= 11 is 13.7. The Morgan fingerprint density at radius 2 is 1.93 bits per heavy atom. The summed E-state index contributed by atoms with van der Waals surface area (Å²) in [6.07, 6.45) is 0.971. The first kappa shape index (κ1) is 22.1. The molecule has 1 aromatic heterocycles. The lowest BCUT2D eigenvalue weighted by Crippen LogP contribution is -2.27. The molecule has 148 valence electrons. The smallest absolute Gasteiger partial charge is 0.230 e. The normalized spacial score (nSPS) is 11.4. The van der Waals surface area contributed by atoms with Crippen LogP contribution in [0.1, 0.15) is 34.1 Å². The van der Waals surface area contributed by atoms with E-state index in [2.05, 4.69) is 43.2 Å². The highest BCUT2D eigenvalue weighted by Crippen LogP contribution is 2.31. The van der Waals surface area contributed by atoms with Gasteiger partial charge in [0.15, 0.2) is 11.0 Å². The number of rotatable bonds is 9. The minimum Gasteiger partial charge on any atom is -0.355 e. The molecule has 0 fully saturated rings. The number of nitrogens with one attached hydrogen (secondary N) is 1. The van der Waals surface area contributed by atoms with E-state index in [0.717, 1.165) is 18.5 Å². The van der Waals surface area contributed by atoms with Crippen molar-refractivity contribution in [2.75, 3.05) is 12.3 Å². The van der Waals surface area contributed by atoms with E-state index in [1.807, 2.05) is 10.6 Å². The third-order valence-electron chi connectivity index (χ3n) is 3.81. The third-order valence-corrected chi connectivity index (χ3v) is 5.33. The number of nitrogens with zero attached hydrogens (tertiary/aromatic N) is 3. The molecule has 0 radical (unpaired) electrons. The maximum Gasteiger partial charge on any atom is 0.230 e. The van der Waals surface area contributed by atoms with Crippen molar-refractivity contribution >= 4 is 40.9 Å². The van der Waals surface area contributed by atoms with Crippen molar-refractivity contribution in [3.63, 3.8) is 0 Å². The van der Waals surface area contributed by atoms with Crippen LogP contribution >= 0.6 is 35.0 Å². The highest BCUT2D eigenvalue weighted by Gasteiger charge is 2.18. The van der Waals surface area contributed by atoms with Crippen molar-refractivity contribution in [3.05, 3.63) is 28.2 Å². The maximum atomic E-state index is 12.1. The van der Waals surface area contributed by atoms with Gasteiger partial charge < -0.3 is 9.88 Å². The highest BCUT2D eigenvalue weighted by atomic mass is 35.5. The Bertz CT molecular complexity index is 777. The van der Waals surface area contributed by atoms with Crippen molar-refractivity contribution < 1.29 is 4.79 Å². The first-order valence-electron chi connectivity index (χ1n) is 9.06. The van der Waals surface area contributed by atoms with Gasteiger partial charge in [-0.15, -0.1) is 10.2 Å². The molecule has 0 spiro atoms. The SMILES string of the molecule is CC(C)CCNC(=O)CSc1nnc(-c2ccc(Cl)cc2Cl)n1CC(C)C. The van der Waals surface area contributed by atoms with Crippen molar-refractivity contribution in [3.8, 4) is 11.4 Å². The fourth-order valence-electron chi connectivity index (χ4n) is 2.48. The van der Waals surface area contributed by atoms with Gasteiger partial charge in [0.25, 0.3) is 0 Å². The van der Waals surface area contributed by atoms with Crippen LogP contribution in [0.5, 0.6) is 0 Å². The highest BCUT2D eigenvalue weighted by molar-refractivity contribution is 7.99. The summed E-state index contributed by atoms with van der Waals surface area (Å²) in [5.41, 5.74) is 0.780. The van der Waals surface area contributed by atoms with Crippen LogP contribution in [0.3, 0.4) is 0 Å². The number of carbonyl (C=O) groups excluding carboxylic acids is 1. The Morgan fingerprint density at radius 3 is 2.56 bits per heavy atom. The lowest BCUT2D eigenvalue weighted by atomic mass is 10.1. The number of halogens is 2. The zero-order chi connectivity index (χ0) is 20.0. The van der Waals surface area contributed by atoms with Gasteiger partial charge in [0.2, 0.25) is 5.91 Å². The summed E-state index contributed by atoms with van der Waals surface area (Å²) in [4.78, 5) is 12.1. The van der Waals surface area contributed by atoms with Crippen molar-refractivity contribution in [1.29, 1.82) is 0 Å². The number of benzene rings is 1. The molecule has 1 heterocycles. The van der Waals surface area contributed by atoms with E-state index in [-0.39, 0.29) is 5.91 Å². The third kappa shape index (κ3) is 6.70. The lowest BCUT2D eigenvalue weighted by Gasteiger charge is -2.13. The molecule has 0 aliphatic heterocycles. The predicted octanol–water partition coefficient (Wildman–Crippen LogP) is 5.16. The molecule has 0 saturated heterocycles. The molecule has 1 aromatic carbocycles. The molecular formula is C19H26Cl2N4OS. The molecule has 0 aliphatic rings. The number of hydrogen-bond donors (Lipinski definition) is 1. The fourth-order valence-corrected chi connectivity index (χ4v) is 3.75. The van der Waals surface area contributed by atoms with E-state index < -0.39 is 0 Å². The number of hydrogen-bond acceptors (Lipinski definition) is 4. The van der Waals surface area contributed by atoms with Crippen LogP contribution in [-0.2, 0) is 11.3 Å². The second-order valence-electron chi connectivity index (χ2n) is 7.26. The molecule has 0 atom stereocenters. The Morgan fingerprint density at radius 1 is 1.19 bits per heavy atom. The quantitative estimate of drug-likeness (QED) is 0.560. The molecule has 0 saturated carbocycles. The summed E-state index contributed by atoms with van der Waals surface area (Å²) in [6.45, 7) is 9.96. The van der Waals surface area contributed by atoms with E-state index in [9.17, 15) is 4.79 Å². The minimum absolute atomic E-state index is 0.00539. The zero-order valence-electron chi connectivity index (χ0n) is 16.1. The molecule has 0 unspecified atom stereocenters. The van der Waals surface area contributed by atoms with Crippen LogP contribution in [0.4, 0.5) is 0 Å². The summed E-state index contributed by atoms with van der Waals surface area (Å²) in [5, 5.41) is 13.4. The minimum atomic E-state index is 0.00539. The van der Waals surface area contributed by atoms with E-state index in [0.29, 0.717) is 45.2 Å². The fraction of sp³-hybridized carbons (Fsp3) is 0.526. The Kier molecular flexibility index (Phi) is 8.45. The molecule has 0 bridgehead atoms. The Balaban J connectivity index is 2.15. The Hall–Kier alpha value is -1.24. The summed E-state index contributed by atoms with van der Waals surface area (Å²) < 4.78 is 2.02. The van der Waals surface area contributed by atoms with Crippen molar-refractivity contribution in [1.82, 2.24) is 20.1 Å². The van der Waals surface area contributed by atoms with Crippen molar-refractivity contribution in [2.24, 2.45) is 11.8 Å². The molecule has 2 aromatic rings. The molecule has 1 amide bonds. The predicted molar refractivity (Wildman–Crippen MR) is 114 cm³/mol. The summed E-state index contributed by atoms with van der Waals surface area (Å²) in [7, 11) is 0. The van der Waals surface area contributed by atoms with Crippen LogP contribution in [0.15, 0.2) is 23.4 Å². The van der Waals surface area contributed by atoms with Gasteiger partial charge in [-0.05, 0) is 36.5 Å². The summed E-state index contributed by atoms with van der Waals surface area (Å²) in [5.74, 6) is 1.96. The first-order chi connectivity index (χ1) is 12.8. The molecule has 1 N–H and O–H groups in total. The monoisotopic (exact) mass is 428 g/mol. The van der Waals surface area contributed by atoms with Gasteiger partial charge in [-0.2, -0.15) is 0 Å². The van der Waals surface area contributed by atoms with Crippen LogP contribution in [-0.4, -0.2) is 33.0 Å². The maximum absolute atomic E-state index is 12.1. The van der Waals surface area contributed by atoms with Gasteiger partial charge in [-0.3, -0.25) is 4.79 Å².